The second-order valence-corrected chi connectivity index (χ2v) is 3.13. The minimum absolute atomic E-state index is 0.0771. The molecule has 3 N–H and O–H groups in total. The summed E-state index contributed by atoms with van der Waals surface area (Å²) >= 11 is 0. The van der Waals surface area contributed by atoms with Gasteiger partial charge in [-0.1, -0.05) is 0 Å². The van der Waals surface area contributed by atoms with Gasteiger partial charge in [0.2, 0.25) is 5.91 Å². The molecular weight excluding hydrogens is 168 g/mol. The van der Waals surface area contributed by atoms with E-state index in [2.05, 4.69) is 5.32 Å². The fourth-order valence-corrected chi connectivity index (χ4v) is 0.921. The highest BCUT2D eigenvalue weighted by Crippen LogP contribution is 1.93. The molecule has 78 valence electrons. The Morgan fingerprint density at radius 2 is 2.15 bits per heavy atom. The molecule has 0 saturated carbocycles. The van der Waals surface area contributed by atoms with Gasteiger partial charge in [0.25, 0.3) is 0 Å². The maximum absolute atomic E-state index is 11.0. The number of unbranched alkanes of at least 4 members (excludes halogenated alkanes) is 2. The highest BCUT2D eigenvalue weighted by molar-refractivity contribution is 5.80. The van der Waals surface area contributed by atoms with Gasteiger partial charge in [0.1, 0.15) is 0 Å². The molecule has 0 saturated heterocycles. The van der Waals surface area contributed by atoms with Crippen molar-refractivity contribution in [1.29, 1.82) is 0 Å². The number of rotatable bonds is 7. The quantitative estimate of drug-likeness (QED) is 0.563. The Hall–Kier alpha value is -0.610. The SMILES string of the molecule is COCCCCCNC(=O)[C@@H](C)N. The average Bonchev–Trinajstić information content (AvgIpc) is 2.10. The highest BCUT2D eigenvalue weighted by atomic mass is 16.5. The van der Waals surface area contributed by atoms with E-state index in [4.69, 9.17) is 10.5 Å². The Kier molecular flexibility index (Phi) is 7.63. The predicted octanol–water partition coefficient (Wildman–Crippen LogP) is 0.267. The minimum atomic E-state index is -0.404. The first-order chi connectivity index (χ1) is 6.18. The monoisotopic (exact) mass is 188 g/mol. The molecule has 0 bridgehead atoms. The van der Waals surface area contributed by atoms with Crippen molar-refractivity contribution in [3.8, 4) is 0 Å². The van der Waals surface area contributed by atoms with E-state index in [1.807, 2.05) is 0 Å². The van der Waals surface area contributed by atoms with Gasteiger partial charge >= 0.3 is 0 Å². The van der Waals surface area contributed by atoms with Crippen LogP contribution in [0.1, 0.15) is 26.2 Å². The van der Waals surface area contributed by atoms with E-state index >= 15 is 0 Å². The van der Waals surface area contributed by atoms with Crippen molar-refractivity contribution in [2.75, 3.05) is 20.3 Å². The van der Waals surface area contributed by atoms with Gasteiger partial charge in [0.05, 0.1) is 6.04 Å². The second-order valence-electron chi connectivity index (χ2n) is 3.13. The van der Waals surface area contributed by atoms with Crippen molar-refractivity contribution in [2.45, 2.75) is 32.2 Å². The van der Waals surface area contributed by atoms with Gasteiger partial charge < -0.3 is 15.8 Å². The maximum atomic E-state index is 11.0. The minimum Gasteiger partial charge on any atom is -0.385 e. The molecule has 0 aromatic heterocycles. The molecule has 0 heterocycles. The Morgan fingerprint density at radius 3 is 2.69 bits per heavy atom. The Morgan fingerprint density at radius 1 is 1.46 bits per heavy atom. The van der Waals surface area contributed by atoms with Crippen LogP contribution in [0.15, 0.2) is 0 Å². The molecule has 0 aliphatic heterocycles. The lowest BCUT2D eigenvalue weighted by Gasteiger charge is -2.06. The molecular formula is C9H20N2O2. The molecule has 0 aromatic carbocycles. The molecule has 0 spiro atoms. The van der Waals surface area contributed by atoms with E-state index in [1.54, 1.807) is 14.0 Å². The van der Waals surface area contributed by atoms with Crippen LogP contribution in [0.4, 0.5) is 0 Å². The third kappa shape index (κ3) is 7.74. The van der Waals surface area contributed by atoms with Gasteiger partial charge in [0.15, 0.2) is 0 Å². The summed E-state index contributed by atoms with van der Waals surface area (Å²) in [6.45, 7) is 3.19. The Labute approximate surface area is 79.8 Å². The Balaban J connectivity index is 3.12. The van der Waals surface area contributed by atoms with Gasteiger partial charge in [0, 0.05) is 20.3 Å². The molecule has 1 atom stereocenters. The molecule has 0 unspecified atom stereocenters. The van der Waals surface area contributed by atoms with Gasteiger partial charge in [-0.2, -0.15) is 0 Å². The van der Waals surface area contributed by atoms with Gasteiger partial charge in [-0.25, -0.2) is 0 Å². The molecule has 0 aliphatic rings. The number of carbonyl (C=O) groups excluding carboxylic acids is 1. The van der Waals surface area contributed by atoms with E-state index < -0.39 is 6.04 Å². The number of nitrogens with two attached hydrogens (primary N) is 1. The van der Waals surface area contributed by atoms with Crippen LogP contribution in [0.25, 0.3) is 0 Å². The van der Waals surface area contributed by atoms with Gasteiger partial charge in [-0.15, -0.1) is 0 Å². The van der Waals surface area contributed by atoms with Crippen molar-refractivity contribution < 1.29 is 9.53 Å². The predicted molar refractivity (Wildman–Crippen MR) is 52.4 cm³/mol. The van der Waals surface area contributed by atoms with E-state index in [9.17, 15) is 4.79 Å². The summed E-state index contributed by atoms with van der Waals surface area (Å²) in [4.78, 5) is 11.0. The molecule has 4 nitrogen and oxygen atoms in total. The van der Waals surface area contributed by atoms with Crippen LogP contribution in [-0.2, 0) is 9.53 Å². The number of hydrogen-bond acceptors (Lipinski definition) is 3. The molecule has 1 amide bonds. The number of hydrogen-bond donors (Lipinski definition) is 2. The smallest absolute Gasteiger partial charge is 0.236 e. The molecule has 0 rings (SSSR count). The largest absolute Gasteiger partial charge is 0.385 e. The van der Waals surface area contributed by atoms with Crippen LogP contribution in [0.2, 0.25) is 0 Å². The number of carbonyl (C=O) groups is 1. The third-order valence-electron chi connectivity index (χ3n) is 1.74. The summed E-state index contributed by atoms with van der Waals surface area (Å²) in [7, 11) is 1.69. The summed E-state index contributed by atoms with van der Waals surface area (Å²) in [5.74, 6) is -0.0771. The van der Waals surface area contributed by atoms with Crippen LogP contribution < -0.4 is 11.1 Å². The van der Waals surface area contributed by atoms with Crippen molar-refractivity contribution in [2.24, 2.45) is 5.73 Å². The van der Waals surface area contributed by atoms with Crippen molar-refractivity contribution in [1.82, 2.24) is 5.32 Å². The Bertz CT molecular complexity index is 138. The number of ether oxygens (including phenoxy) is 1. The van der Waals surface area contributed by atoms with Crippen LogP contribution >= 0.6 is 0 Å². The van der Waals surface area contributed by atoms with Crippen LogP contribution in [0.5, 0.6) is 0 Å². The molecule has 0 aliphatic carbocycles. The summed E-state index contributed by atoms with van der Waals surface area (Å²) in [5.41, 5.74) is 5.37. The standard InChI is InChI=1S/C9H20N2O2/c1-8(10)9(12)11-6-4-3-5-7-13-2/h8H,3-7,10H2,1-2H3,(H,11,12)/t8-/m1/s1. The number of methoxy groups -OCH3 is 1. The summed E-state index contributed by atoms with van der Waals surface area (Å²) in [6.07, 6.45) is 3.11. The van der Waals surface area contributed by atoms with E-state index in [0.29, 0.717) is 6.54 Å². The zero-order chi connectivity index (χ0) is 10.1. The van der Waals surface area contributed by atoms with E-state index in [1.165, 1.54) is 0 Å². The fraction of sp³-hybridized carbons (Fsp3) is 0.889. The lowest BCUT2D eigenvalue weighted by Crippen LogP contribution is -2.38. The summed E-state index contributed by atoms with van der Waals surface area (Å²) < 4.78 is 4.90. The highest BCUT2D eigenvalue weighted by Gasteiger charge is 2.04. The van der Waals surface area contributed by atoms with Crippen LogP contribution in [0, 0.1) is 0 Å². The lowest BCUT2D eigenvalue weighted by atomic mass is 10.2. The molecule has 0 radical (unpaired) electrons. The maximum Gasteiger partial charge on any atom is 0.236 e. The van der Waals surface area contributed by atoms with E-state index in [0.717, 1.165) is 25.9 Å². The summed E-state index contributed by atoms with van der Waals surface area (Å²) in [5, 5.41) is 2.75. The molecule has 4 heteroatoms. The lowest BCUT2D eigenvalue weighted by molar-refractivity contribution is -0.121. The van der Waals surface area contributed by atoms with Crippen molar-refractivity contribution in [3.63, 3.8) is 0 Å². The normalized spacial score (nSPS) is 12.5. The van der Waals surface area contributed by atoms with Crippen molar-refractivity contribution >= 4 is 5.91 Å². The first-order valence-electron chi connectivity index (χ1n) is 4.70. The zero-order valence-corrected chi connectivity index (χ0v) is 8.51. The first kappa shape index (κ1) is 12.4. The third-order valence-corrected chi connectivity index (χ3v) is 1.74. The average molecular weight is 188 g/mol. The molecule has 0 fully saturated rings. The first-order valence-corrected chi connectivity index (χ1v) is 4.70. The van der Waals surface area contributed by atoms with Crippen LogP contribution in [-0.4, -0.2) is 32.2 Å². The van der Waals surface area contributed by atoms with E-state index in [-0.39, 0.29) is 5.91 Å². The van der Waals surface area contributed by atoms with Crippen LogP contribution in [0.3, 0.4) is 0 Å². The van der Waals surface area contributed by atoms with Gasteiger partial charge in [-0.05, 0) is 26.2 Å². The van der Waals surface area contributed by atoms with Gasteiger partial charge in [-0.3, -0.25) is 4.79 Å². The second kappa shape index (κ2) is 8.01. The number of amides is 1. The van der Waals surface area contributed by atoms with Crippen molar-refractivity contribution in [3.05, 3.63) is 0 Å². The number of nitrogens with one attached hydrogen (secondary N) is 1. The molecule has 0 aromatic rings. The topological polar surface area (TPSA) is 64.3 Å². The molecule has 13 heavy (non-hydrogen) atoms. The fourth-order valence-electron chi connectivity index (χ4n) is 0.921. The zero-order valence-electron chi connectivity index (χ0n) is 8.51. The summed E-state index contributed by atoms with van der Waals surface area (Å²) in [6, 6.07) is -0.404.